The number of piperidine rings is 1. The average Bonchev–Trinajstić information content (AvgIpc) is 3.28. The van der Waals surface area contributed by atoms with E-state index in [1.54, 1.807) is 5.57 Å². The van der Waals surface area contributed by atoms with E-state index in [0.29, 0.717) is 12.0 Å². The van der Waals surface area contributed by atoms with Gasteiger partial charge in [-0.25, -0.2) is 4.98 Å². The van der Waals surface area contributed by atoms with Crippen LogP contribution in [0.1, 0.15) is 52.0 Å². The van der Waals surface area contributed by atoms with Crippen molar-refractivity contribution in [3.8, 4) is 0 Å². The standard InChI is InChI=1S/C19H31N5.HI/c1-3-21-19(22-10-8-17-6-4-5-7-17)23-12-9-16(2)18(14-23)24-13-11-20-15-24;/h6,11,13,15-16,18H,3-5,7-10,12,14H2,1-2H3,(H,21,22);1H. The van der Waals surface area contributed by atoms with E-state index in [9.17, 15) is 0 Å². The number of imidazole rings is 1. The Balaban J connectivity index is 0.00000225. The predicted molar refractivity (Wildman–Crippen MR) is 115 cm³/mol. The van der Waals surface area contributed by atoms with Crippen molar-refractivity contribution in [2.24, 2.45) is 10.9 Å². The van der Waals surface area contributed by atoms with Crippen LogP contribution in [0.25, 0.3) is 0 Å². The number of hydrogen-bond donors (Lipinski definition) is 1. The number of aliphatic imine (C=N–C) groups is 1. The van der Waals surface area contributed by atoms with Gasteiger partial charge in [0.15, 0.2) is 5.96 Å². The minimum absolute atomic E-state index is 0. The van der Waals surface area contributed by atoms with Gasteiger partial charge >= 0.3 is 0 Å². The molecule has 2 unspecified atom stereocenters. The summed E-state index contributed by atoms with van der Waals surface area (Å²) in [4.78, 5) is 11.6. The molecule has 1 aliphatic heterocycles. The zero-order valence-corrected chi connectivity index (χ0v) is 17.9. The fourth-order valence-corrected chi connectivity index (χ4v) is 3.79. The Labute approximate surface area is 169 Å². The predicted octanol–water partition coefficient (Wildman–Crippen LogP) is 3.85. The SMILES string of the molecule is CCNC(=NCCC1=CCCC1)N1CCC(C)C(n2ccnc2)C1.I. The Bertz CT molecular complexity index is 566. The van der Waals surface area contributed by atoms with Crippen LogP contribution in [-0.2, 0) is 0 Å². The van der Waals surface area contributed by atoms with Crippen molar-refractivity contribution >= 4 is 29.9 Å². The Kier molecular flexibility index (Phi) is 8.26. The fourth-order valence-electron chi connectivity index (χ4n) is 3.79. The molecule has 2 aliphatic rings. The minimum atomic E-state index is 0. The molecule has 0 bridgehead atoms. The molecular formula is C19H32IN5. The second-order valence-corrected chi connectivity index (χ2v) is 7.03. The molecule has 140 valence electrons. The van der Waals surface area contributed by atoms with Crippen LogP contribution in [0.4, 0.5) is 0 Å². The first-order valence-corrected chi connectivity index (χ1v) is 9.46. The molecular weight excluding hydrogens is 425 g/mol. The molecule has 2 heterocycles. The lowest BCUT2D eigenvalue weighted by Gasteiger charge is -2.39. The highest BCUT2D eigenvalue weighted by molar-refractivity contribution is 14.0. The molecule has 3 rings (SSSR count). The summed E-state index contributed by atoms with van der Waals surface area (Å²) in [7, 11) is 0. The van der Waals surface area contributed by atoms with E-state index >= 15 is 0 Å². The molecule has 5 nitrogen and oxygen atoms in total. The summed E-state index contributed by atoms with van der Waals surface area (Å²) in [5, 5.41) is 3.49. The van der Waals surface area contributed by atoms with Crippen LogP contribution in [0.15, 0.2) is 35.4 Å². The van der Waals surface area contributed by atoms with Crippen molar-refractivity contribution in [3.63, 3.8) is 0 Å². The monoisotopic (exact) mass is 457 g/mol. The minimum Gasteiger partial charge on any atom is -0.357 e. The second-order valence-electron chi connectivity index (χ2n) is 7.03. The van der Waals surface area contributed by atoms with Crippen molar-refractivity contribution in [2.45, 2.75) is 52.0 Å². The van der Waals surface area contributed by atoms with Gasteiger partial charge < -0.3 is 14.8 Å². The van der Waals surface area contributed by atoms with E-state index in [-0.39, 0.29) is 24.0 Å². The maximum absolute atomic E-state index is 4.91. The van der Waals surface area contributed by atoms with Gasteiger partial charge in [-0.2, -0.15) is 0 Å². The van der Waals surface area contributed by atoms with Crippen LogP contribution in [-0.4, -0.2) is 46.6 Å². The van der Waals surface area contributed by atoms with Gasteiger partial charge in [-0.1, -0.05) is 18.6 Å². The topological polar surface area (TPSA) is 45.5 Å². The van der Waals surface area contributed by atoms with Gasteiger partial charge in [0, 0.05) is 38.6 Å². The van der Waals surface area contributed by atoms with Crippen molar-refractivity contribution in [3.05, 3.63) is 30.4 Å². The van der Waals surface area contributed by atoms with E-state index in [4.69, 9.17) is 4.99 Å². The lowest BCUT2D eigenvalue weighted by atomic mass is 9.93. The normalized spacial score (nSPS) is 24.0. The highest BCUT2D eigenvalue weighted by Crippen LogP contribution is 2.27. The van der Waals surface area contributed by atoms with Gasteiger partial charge in [0.2, 0.25) is 0 Å². The molecule has 0 amide bonds. The molecule has 1 fully saturated rings. The average molecular weight is 457 g/mol. The van der Waals surface area contributed by atoms with Gasteiger partial charge in [0.05, 0.1) is 12.4 Å². The molecule has 0 spiro atoms. The summed E-state index contributed by atoms with van der Waals surface area (Å²) in [6.45, 7) is 8.40. The van der Waals surface area contributed by atoms with Gasteiger partial charge in [0.25, 0.3) is 0 Å². The molecule has 6 heteroatoms. The van der Waals surface area contributed by atoms with Gasteiger partial charge in [-0.3, -0.25) is 4.99 Å². The van der Waals surface area contributed by atoms with Crippen LogP contribution in [0.3, 0.4) is 0 Å². The zero-order valence-electron chi connectivity index (χ0n) is 15.5. The third kappa shape index (κ3) is 5.46. The molecule has 1 aromatic rings. The molecule has 0 radical (unpaired) electrons. The first-order valence-electron chi connectivity index (χ1n) is 9.46. The number of halogens is 1. The van der Waals surface area contributed by atoms with Crippen molar-refractivity contribution in [2.75, 3.05) is 26.2 Å². The lowest BCUT2D eigenvalue weighted by molar-refractivity contribution is 0.189. The van der Waals surface area contributed by atoms with Crippen molar-refractivity contribution < 1.29 is 0 Å². The molecule has 1 N–H and O–H groups in total. The Morgan fingerprint density at radius 3 is 3.00 bits per heavy atom. The zero-order chi connectivity index (χ0) is 16.8. The third-order valence-corrected chi connectivity index (χ3v) is 5.29. The molecule has 0 saturated carbocycles. The smallest absolute Gasteiger partial charge is 0.193 e. The first kappa shape index (κ1) is 20.3. The summed E-state index contributed by atoms with van der Waals surface area (Å²) < 4.78 is 2.25. The molecule has 2 atom stereocenters. The molecule has 1 aliphatic carbocycles. The van der Waals surface area contributed by atoms with Crippen molar-refractivity contribution in [1.29, 1.82) is 0 Å². The number of aromatic nitrogens is 2. The lowest BCUT2D eigenvalue weighted by Crippen LogP contribution is -2.49. The van der Waals surface area contributed by atoms with Crippen LogP contribution < -0.4 is 5.32 Å². The van der Waals surface area contributed by atoms with Gasteiger partial charge in [-0.05, 0) is 44.9 Å². The molecule has 0 aromatic carbocycles. The van der Waals surface area contributed by atoms with Crippen LogP contribution >= 0.6 is 24.0 Å². The number of hydrogen-bond acceptors (Lipinski definition) is 2. The van der Waals surface area contributed by atoms with E-state index in [2.05, 4.69) is 45.9 Å². The summed E-state index contributed by atoms with van der Waals surface area (Å²) in [6.07, 6.45) is 14.5. The first-order chi connectivity index (χ1) is 11.8. The van der Waals surface area contributed by atoms with E-state index in [1.165, 1.54) is 25.7 Å². The fraction of sp³-hybridized carbons (Fsp3) is 0.684. The van der Waals surface area contributed by atoms with E-state index in [0.717, 1.165) is 38.6 Å². The molecule has 1 aromatic heterocycles. The highest BCUT2D eigenvalue weighted by Gasteiger charge is 2.28. The number of guanidine groups is 1. The summed E-state index contributed by atoms with van der Waals surface area (Å²) in [5.74, 6) is 1.75. The van der Waals surface area contributed by atoms with E-state index < -0.39 is 0 Å². The van der Waals surface area contributed by atoms with Gasteiger partial charge in [-0.15, -0.1) is 24.0 Å². The Morgan fingerprint density at radius 1 is 1.44 bits per heavy atom. The highest BCUT2D eigenvalue weighted by atomic mass is 127. The van der Waals surface area contributed by atoms with Crippen LogP contribution in [0, 0.1) is 5.92 Å². The second kappa shape index (κ2) is 10.2. The number of nitrogens with one attached hydrogen (secondary N) is 1. The summed E-state index contributed by atoms with van der Waals surface area (Å²) >= 11 is 0. The maximum atomic E-state index is 4.91. The van der Waals surface area contributed by atoms with Crippen LogP contribution in [0.2, 0.25) is 0 Å². The van der Waals surface area contributed by atoms with Crippen LogP contribution in [0.5, 0.6) is 0 Å². The molecule has 25 heavy (non-hydrogen) atoms. The number of nitrogens with zero attached hydrogens (tertiary/aromatic N) is 4. The summed E-state index contributed by atoms with van der Waals surface area (Å²) in [6, 6.07) is 0.475. The Morgan fingerprint density at radius 2 is 2.32 bits per heavy atom. The molecule has 1 saturated heterocycles. The van der Waals surface area contributed by atoms with Crippen molar-refractivity contribution in [1.82, 2.24) is 19.8 Å². The Hall–Kier alpha value is -1.05. The number of allylic oxidation sites excluding steroid dienone is 1. The third-order valence-electron chi connectivity index (χ3n) is 5.29. The quantitative estimate of drug-likeness (QED) is 0.316. The maximum Gasteiger partial charge on any atom is 0.193 e. The van der Waals surface area contributed by atoms with Gasteiger partial charge in [0.1, 0.15) is 0 Å². The number of rotatable bonds is 5. The summed E-state index contributed by atoms with van der Waals surface area (Å²) in [5.41, 5.74) is 1.60. The number of likely N-dealkylation sites (tertiary alicyclic amines) is 1. The van der Waals surface area contributed by atoms with E-state index in [1.807, 2.05) is 12.5 Å². The largest absolute Gasteiger partial charge is 0.357 e.